The van der Waals surface area contributed by atoms with Gasteiger partial charge in [-0.25, -0.2) is 4.98 Å². The van der Waals surface area contributed by atoms with Gasteiger partial charge in [0, 0.05) is 31.6 Å². The van der Waals surface area contributed by atoms with Crippen LogP contribution in [-0.2, 0) is 4.79 Å². The third kappa shape index (κ3) is 6.22. The second-order valence-corrected chi connectivity index (χ2v) is 10.9. The maximum atomic E-state index is 12.7. The molecular formula is C24H34N4O3S. The summed E-state index contributed by atoms with van der Waals surface area (Å²) in [5.74, 6) is 0.644. The van der Waals surface area contributed by atoms with E-state index in [9.17, 15) is 14.7 Å². The molecular weight excluding hydrogens is 424 g/mol. The van der Waals surface area contributed by atoms with Crippen LogP contribution in [0.5, 0.6) is 5.75 Å². The van der Waals surface area contributed by atoms with Gasteiger partial charge < -0.3 is 20.6 Å². The van der Waals surface area contributed by atoms with Gasteiger partial charge in [-0.1, -0.05) is 38.2 Å². The third-order valence-corrected chi connectivity index (χ3v) is 6.76. The number of amides is 2. The first-order chi connectivity index (χ1) is 15.0. The van der Waals surface area contributed by atoms with Crippen molar-refractivity contribution in [2.45, 2.75) is 53.9 Å². The van der Waals surface area contributed by atoms with Crippen LogP contribution < -0.4 is 10.6 Å². The lowest BCUT2D eigenvalue weighted by molar-refractivity contribution is -0.134. The van der Waals surface area contributed by atoms with Gasteiger partial charge in [0.2, 0.25) is 5.91 Å². The average molecular weight is 459 g/mol. The number of piperidine rings is 1. The lowest BCUT2D eigenvalue weighted by atomic mass is 9.90. The summed E-state index contributed by atoms with van der Waals surface area (Å²) in [4.78, 5) is 31.9. The van der Waals surface area contributed by atoms with Gasteiger partial charge in [0.15, 0.2) is 5.13 Å². The van der Waals surface area contributed by atoms with Crippen LogP contribution in [0.2, 0.25) is 0 Å². The summed E-state index contributed by atoms with van der Waals surface area (Å²) in [5, 5.41) is 16.9. The van der Waals surface area contributed by atoms with E-state index in [1.54, 1.807) is 25.3 Å². The van der Waals surface area contributed by atoms with E-state index in [2.05, 4.69) is 36.4 Å². The van der Waals surface area contributed by atoms with Crippen molar-refractivity contribution < 1.29 is 14.7 Å². The van der Waals surface area contributed by atoms with E-state index < -0.39 is 0 Å². The summed E-state index contributed by atoms with van der Waals surface area (Å²) in [6.07, 6.45) is 4.10. The van der Waals surface area contributed by atoms with Crippen LogP contribution >= 0.6 is 11.3 Å². The number of nitrogens with one attached hydrogen (secondary N) is 2. The molecule has 1 aromatic heterocycles. The number of aryl methyl sites for hydroxylation is 1. The highest BCUT2D eigenvalue weighted by molar-refractivity contribution is 7.17. The maximum absolute atomic E-state index is 12.7. The Balaban J connectivity index is 1.49. The lowest BCUT2D eigenvalue weighted by Gasteiger charge is -2.33. The first kappa shape index (κ1) is 24.0. The first-order valence-corrected chi connectivity index (χ1v) is 11.9. The van der Waals surface area contributed by atoms with Gasteiger partial charge >= 0.3 is 0 Å². The summed E-state index contributed by atoms with van der Waals surface area (Å²) in [6, 6.07) is 3.40. The van der Waals surface area contributed by atoms with Gasteiger partial charge in [0.05, 0.1) is 11.9 Å². The number of hydrogen-bond acceptors (Lipinski definition) is 6. The number of carbonyl (C=O) groups excluding carboxylic acids is 2. The number of phenolic OH excluding ortho intramolecular Hbond substituents is 1. The number of nitrogens with zero attached hydrogens (tertiary/aromatic N) is 2. The number of phenols is 1. The summed E-state index contributed by atoms with van der Waals surface area (Å²) >= 11 is 1.32. The zero-order valence-electron chi connectivity index (χ0n) is 19.6. The molecule has 8 heteroatoms. The van der Waals surface area contributed by atoms with E-state index >= 15 is 0 Å². The van der Waals surface area contributed by atoms with Gasteiger partial charge in [-0.2, -0.15) is 0 Å². The van der Waals surface area contributed by atoms with Crippen molar-refractivity contribution in [1.82, 2.24) is 9.88 Å². The minimum absolute atomic E-state index is 0.0165. The van der Waals surface area contributed by atoms with Crippen LogP contribution in [0.3, 0.4) is 0 Å². The molecule has 0 spiro atoms. The van der Waals surface area contributed by atoms with Gasteiger partial charge in [0.1, 0.15) is 10.6 Å². The fourth-order valence-corrected chi connectivity index (χ4v) is 4.57. The molecule has 0 unspecified atom stereocenters. The number of anilines is 2. The number of thiazole rings is 1. The maximum Gasteiger partial charge on any atom is 0.267 e. The molecule has 7 nitrogen and oxygen atoms in total. The predicted molar refractivity (Wildman–Crippen MR) is 130 cm³/mol. The van der Waals surface area contributed by atoms with Gasteiger partial charge in [-0.15, -0.1) is 0 Å². The van der Waals surface area contributed by atoms with Gasteiger partial charge in [-0.05, 0) is 49.7 Å². The van der Waals surface area contributed by atoms with Crippen molar-refractivity contribution in [2.24, 2.45) is 11.3 Å². The van der Waals surface area contributed by atoms with Crippen molar-refractivity contribution in [1.29, 1.82) is 0 Å². The van der Waals surface area contributed by atoms with Crippen LogP contribution in [0.4, 0.5) is 10.8 Å². The largest absolute Gasteiger partial charge is 0.508 e. The SMILES string of the molecule is Cc1ccc(O)c(C)c1NC(=O)c1cnc(NCC2CCN(C(=O)CC(C)(C)C)CC2)s1. The van der Waals surface area contributed by atoms with Crippen LogP contribution in [0, 0.1) is 25.2 Å². The predicted octanol–water partition coefficient (Wildman–Crippen LogP) is 4.80. The van der Waals surface area contributed by atoms with Crippen molar-refractivity contribution in [3.05, 3.63) is 34.3 Å². The Morgan fingerprint density at radius 1 is 1.22 bits per heavy atom. The third-order valence-electron chi connectivity index (χ3n) is 5.80. The molecule has 2 amide bonds. The number of carbonyl (C=O) groups is 2. The van der Waals surface area contributed by atoms with E-state index in [4.69, 9.17) is 0 Å². The number of rotatable bonds is 6. The van der Waals surface area contributed by atoms with Crippen LogP contribution in [-0.4, -0.2) is 46.4 Å². The molecule has 3 N–H and O–H groups in total. The van der Waals surface area contributed by atoms with E-state index in [1.807, 2.05) is 11.8 Å². The van der Waals surface area contributed by atoms with Crippen LogP contribution in [0.15, 0.2) is 18.3 Å². The number of likely N-dealkylation sites (tertiary alicyclic amines) is 1. The first-order valence-electron chi connectivity index (χ1n) is 11.1. The number of benzene rings is 1. The number of aromatic nitrogens is 1. The second kappa shape index (κ2) is 9.90. The van der Waals surface area contributed by atoms with Gasteiger partial charge in [-0.3, -0.25) is 9.59 Å². The Morgan fingerprint density at radius 3 is 2.56 bits per heavy atom. The standard InChI is InChI=1S/C24H34N4O3S/c1-15-6-7-18(29)16(2)21(15)27-22(31)19-14-26-23(32-19)25-13-17-8-10-28(11-9-17)20(30)12-24(3,4)5/h6-7,14,17,29H,8-13H2,1-5H3,(H,25,26)(H,27,31). The quantitative estimate of drug-likeness (QED) is 0.578. The van der Waals surface area contributed by atoms with E-state index in [-0.39, 0.29) is 23.0 Å². The molecule has 1 aromatic carbocycles. The highest BCUT2D eigenvalue weighted by Gasteiger charge is 2.26. The second-order valence-electron chi connectivity index (χ2n) is 9.83. The minimum Gasteiger partial charge on any atom is -0.508 e. The molecule has 2 heterocycles. The van der Waals surface area contributed by atoms with E-state index in [0.29, 0.717) is 33.6 Å². The Morgan fingerprint density at radius 2 is 1.91 bits per heavy atom. The van der Waals surface area contributed by atoms with E-state index in [1.165, 1.54) is 11.3 Å². The normalized spacial score (nSPS) is 15.0. The molecule has 0 saturated carbocycles. The molecule has 32 heavy (non-hydrogen) atoms. The fourth-order valence-electron chi connectivity index (χ4n) is 3.85. The van der Waals surface area contributed by atoms with Crippen molar-refractivity contribution in [3.8, 4) is 5.75 Å². The zero-order chi connectivity index (χ0) is 23.5. The molecule has 174 valence electrons. The van der Waals surface area contributed by atoms with Crippen LogP contribution in [0.25, 0.3) is 0 Å². The average Bonchev–Trinajstić information content (AvgIpc) is 3.21. The lowest BCUT2D eigenvalue weighted by Crippen LogP contribution is -2.41. The topological polar surface area (TPSA) is 94.6 Å². The van der Waals surface area contributed by atoms with E-state index in [0.717, 1.165) is 38.0 Å². The molecule has 0 aliphatic carbocycles. The number of aromatic hydroxyl groups is 1. The molecule has 1 saturated heterocycles. The Hall–Kier alpha value is -2.61. The Bertz CT molecular complexity index is 972. The summed E-state index contributed by atoms with van der Waals surface area (Å²) in [6.45, 7) is 12.3. The summed E-state index contributed by atoms with van der Waals surface area (Å²) in [7, 11) is 0. The molecule has 0 bridgehead atoms. The van der Waals surface area contributed by atoms with Crippen molar-refractivity contribution in [2.75, 3.05) is 30.3 Å². The number of hydrogen-bond donors (Lipinski definition) is 3. The highest BCUT2D eigenvalue weighted by atomic mass is 32.1. The minimum atomic E-state index is -0.238. The van der Waals surface area contributed by atoms with Crippen molar-refractivity contribution in [3.63, 3.8) is 0 Å². The molecule has 3 rings (SSSR count). The monoisotopic (exact) mass is 458 g/mol. The smallest absolute Gasteiger partial charge is 0.267 e. The molecule has 2 aromatic rings. The highest BCUT2D eigenvalue weighted by Crippen LogP contribution is 2.29. The fraction of sp³-hybridized carbons (Fsp3) is 0.542. The molecule has 1 aliphatic rings. The molecule has 1 fully saturated rings. The van der Waals surface area contributed by atoms with Gasteiger partial charge in [0.25, 0.3) is 5.91 Å². The Kier molecular flexibility index (Phi) is 7.44. The summed E-state index contributed by atoms with van der Waals surface area (Å²) < 4.78 is 0. The summed E-state index contributed by atoms with van der Waals surface area (Å²) in [5.41, 5.74) is 2.19. The molecule has 1 aliphatic heterocycles. The Labute approximate surface area is 194 Å². The van der Waals surface area contributed by atoms with Crippen LogP contribution in [0.1, 0.15) is 60.8 Å². The zero-order valence-corrected chi connectivity index (χ0v) is 20.4. The molecule has 0 radical (unpaired) electrons. The molecule has 0 atom stereocenters. The van der Waals surface area contributed by atoms with Crippen molar-refractivity contribution >= 4 is 34.0 Å².